The van der Waals surface area contributed by atoms with Crippen molar-refractivity contribution in [2.75, 3.05) is 13.2 Å². The lowest BCUT2D eigenvalue weighted by atomic mass is 9.94. The van der Waals surface area contributed by atoms with Gasteiger partial charge in [0, 0.05) is 27.4 Å². The summed E-state index contributed by atoms with van der Waals surface area (Å²) in [6.45, 7) is 1.38. The second-order valence-electron chi connectivity index (χ2n) is 5.03. The van der Waals surface area contributed by atoms with Crippen LogP contribution in [0.1, 0.15) is 23.5 Å². The second kappa shape index (κ2) is 6.71. The molecule has 0 aromatic heterocycles. The third-order valence-corrected chi connectivity index (χ3v) is 4.65. The molecule has 4 heteroatoms. The Balaban J connectivity index is 1.76. The van der Waals surface area contributed by atoms with Crippen LogP contribution in [0.4, 0.5) is 0 Å². The van der Waals surface area contributed by atoms with Crippen LogP contribution in [0.25, 0.3) is 0 Å². The fourth-order valence-corrected chi connectivity index (χ4v) is 3.56. The molecule has 1 heterocycles. The Morgan fingerprint density at radius 3 is 2.90 bits per heavy atom. The average molecular weight is 368 g/mol. The van der Waals surface area contributed by atoms with Crippen molar-refractivity contribution in [1.29, 1.82) is 0 Å². The van der Waals surface area contributed by atoms with E-state index in [-0.39, 0.29) is 0 Å². The molecule has 2 aromatic carbocycles. The summed E-state index contributed by atoms with van der Waals surface area (Å²) < 4.78 is 11.7. The van der Waals surface area contributed by atoms with E-state index in [2.05, 4.69) is 22.0 Å². The minimum atomic E-state index is 0.358. The summed E-state index contributed by atoms with van der Waals surface area (Å²) in [6.07, 6.45) is 0.973. The zero-order valence-electron chi connectivity index (χ0n) is 11.5. The minimum Gasteiger partial charge on any atom is -0.493 e. The van der Waals surface area contributed by atoms with E-state index >= 15 is 0 Å². The molecule has 21 heavy (non-hydrogen) atoms. The maximum Gasteiger partial charge on any atom is 0.124 e. The predicted octanol–water partition coefficient (Wildman–Crippen LogP) is 5.18. The zero-order valence-corrected chi connectivity index (χ0v) is 13.9. The van der Waals surface area contributed by atoms with E-state index < -0.39 is 0 Å². The Hall–Kier alpha value is -1.19. The molecule has 2 aromatic rings. The van der Waals surface area contributed by atoms with Crippen LogP contribution in [0.3, 0.4) is 0 Å². The summed E-state index contributed by atoms with van der Waals surface area (Å²) in [5.74, 6) is 2.18. The van der Waals surface area contributed by atoms with Crippen LogP contribution in [0, 0.1) is 0 Å². The lowest BCUT2D eigenvalue weighted by Gasteiger charge is -2.26. The van der Waals surface area contributed by atoms with Crippen molar-refractivity contribution < 1.29 is 9.47 Å². The second-order valence-corrected chi connectivity index (χ2v) is 6.00. The first-order chi connectivity index (χ1) is 10.3. The number of ether oxygens (including phenoxy) is 2. The van der Waals surface area contributed by atoms with Crippen molar-refractivity contribution in [2.45, 2.75) is 17.7 Å². The van der Waals surface area contributed by atoms with Crippen molar-refractivity contribution in [3.8, 4) is 11.5 Å². The Kier molecular flexibility index (Phi) is 4.71. The summed E-state index contributed by atoms with van der Waals surface area (Å²) in [6, 6.07) is 14.0. The molecule has 1 unspecified atom stereocenters. The van der Waals surface area contributed by atoms with Gasteiger partial charge in [-0.3, -0.25) is 0 Å². The normalized spacial score (nSPS) is 17.0. The van der Waals surface area contributed by atoms with E-state index in [1.807, 2.05) is 36.4 Å². The summed E-state index contributed by atoms with van der Waals surface area (Å²) >= 11 is 9.67. The van der Waals surface area contributed by atoms with Crippen LogP contribution in [0.15, 0.2) is 42.5 Å². The predicted molar refractivity (Wildman–Crippen MR) is 88.9 cm³/mol. The molecule has 3 rings (SSSR count). The van der Waals surface area contributed by atoms with Gasteiger partial charge in [0.1, 0.15) is 11.5 Å². The summed E-state index contributed by atoms with van der Waals surface area (Å²) in [5, 5.41) is 1.42. The van der Waals surface area contributed by atoms with Gasteiger partial charge in [-0.25, -0.2) is 0 Å². The number of alkyl halides is 1. The van der Waals surface area contributed by atoms with Gasteiger partial charge in [-0.15, -0.1) is 0 Å². The molecular weight excluding hydrogens is 352 g/mol. The van der Waals surface area contributed by atoms with E-state index in [0.717, 1.165) is 35.1 Å². The molecule has 0 aliphatic carbocycles. The van der Waals surface area contributed by atoms with Gasteiger partial charge >= 0.3 is 0 Å². The number of benzene rings is 2. The first-order valence-corrected chi connectivity index (χ1v) is 8.47. The molecule has 1 atom stereocenters. The minimum absolute atomic E-state index is 0.358. The first-order valence-electron chi connectivity index (χ1n) is 6.97. The molecular formula is C17H16BrClO2. The fourth-order valence-electron chi connectivity index (χ4n) is 2.58. The molecule has 0 N–H and O–H groups in total. The van der Waals surface area contributed by atoms with Gasteiger partial charge in [-0.1, -0.05) is 51.8 Å². The third-order valence-electron chi connectivity index (χ3n) is 3.73. The lowest BCUT2D eigenvalue weighted by molar-refractivity contribution is 0.217. The number of hydrogen-bond donors (Lipinski definition) is 0. The van der Waals surface area contributed by atoms with E-state index in [4.69, 9.17) is 21.1 Å². The maximum absolute atomic E-state index is 6.20. The quantitative estimate of drug-likeness (QED) is 0.693. The van der Waals surface area contributed by atoms with Crippen LogP contribution in [0.5, 0.6) is 11.5 Å². The van der Waals surface area contributed by atoms with Crippen LogP contribution in [-0.2, 0) is 5.33 Å². The van der Waals surface area contributed by atoms with Crippen LogP contribution >= 0.6 is 27.5 Å². The van der Waals surface area contributed by atoms with Crippen LogP contribution in [-0.4, -0.2) is 13.2 Å². The Morgan fingerprint density at radius 1 is 1.19 bits per heavy atom. The van der Waals surface area contributed by atoms with E-state index in [1.54, 1.807) is 0 Å². The van der Waals surface area contributed by atoms with Gasteiger partial charge in [-0.2, -0.15) is 0 Å². The number of rotatable bonds is 4. The standard InChI is InChI=1S/C17H16BrClO2/c18-10-14-15(19)5-3-7-17(14)21-11-12-8-9-20-16-6-2-1-4-13(12)16/h1-7,12H,8-11H2. The molecule has 0 amide bonds. The SMILES string of the molecule is Clc1cccc(OCC2CCOc3ccccc32)c1CBr. The topological polar surface area (TPSA) is 18.5 Å². The zero-order chi connectivity index (χ0) is 14.7. The molecule has 2 nitrogen and oxygen atoms in total. The molecule has 0 spiro atoms. The Labute approximate surface area is 138 Å². The van der Waals surface area contributed by atoms with E-state index in [0.29, 0.717) is 17.9 Å². The summed E-state index contributed by atoms with van der Waals surface area (Å²) in [5.41, 5.74) is 2.23. The summed E-state index contributed by atoms with van der Waals surface area (Å²) in [4.78, 5) is 0. The largest absolute Gasteiger partial charge is 0.493 e. The number of fused-ring (bicyclic) bond motifs is 1. The van der Waals surface area contributed by atoms with Crippen LogP contribution in [0.2, 0.25) is 5.02 Å². The Bertz CT molecular complexity index is 630. The fraction of sp³-hybridized carbons (Fsp3) is 0.294. The van der Waals surface area contributed by atoms with Gasteiger partial charge in [0.05, 0.1) is 13.2 Å². The van der Waals surface area contributed by atoms with Gasteiger partial charge in [-0.05, 0) is 24.6 Å². The van der Waals surface area contributed by atoms with E-state index in [1.165, 1.54) is 5.56 Å². The summed E-state index contributed by atoms with van der Waals surface area (Å²) in [7, 11) is 0. The highest BCUT2D eigenvalue weighted by molar-refractivity contribution is 9.08. The van der Waals surface area contributed by atoms with Gasteiger partial charge in [0.2, 0.25) is 0 Å². The van der Waals surface area contributed by atoms with Crippen LogP contribution < -0.4 is 9.47 Å². The molecule has 0 saturated carbocycles. The average Bonchev–Trinajstić information content (AvgIpc) is 2.53. The highest BCUT2D eigenvalue weighted by atomic mass is 79.9. The maximum atomic E-state index is 6.20. The first kappa shape index (κ1) is 14.7. The van der Waals surface area contributed by atoms with Crippen molar-refractivity contribution >= 4 is 27.5 Å². The third kappa shape index (κ3) is 3.19. The smallest absolute Gasteiger partial charge is 0.124 e. The number of halogens is 2. The molecule has 110 valence electrons. The molecule has 0 bridgehead atoms. The number of hydrogen-bond acceptors (Lipinski definition) is 2. The van der Waals surface area contributed by atoms with Gasteiger partial charge in [0.25, 0.3) is 0 Å². The van der Waals surface area contributed by atoms with Crippen molar-refractivity contribution in [1.82, 2.24) is 0 Å². The van der Waals surface area contributed by atoms with Crippen molar-refractivity contribution in [2.24, 2.45) is 0 Å². The van der Waals surface area contributed by atoms with Crippen molar-refractivity contribution in [3.05, 3.63) is 58.6 Å². The molecule has 1 aliphatic rings. The molecule has 0 fully saturated rings. The molecule has 0 saturated heterocycles. The number of para-hydroxylation sites is 1. The van der Waals surface area contributed by atoms with Crippen molar-refractivity contribution in [3.63, 3.8) is 0 Å². The highest BCUT2D eigenvalue weighted by Gasteiger charge is 2.22. The van der Waals surface area contributed by atoms with Gasteiger partial charge < -0.3 is 9.47 Å². The highest BCUT2D eigenvalue weighted by Crippen LogP contribution is 2.35. The van der Waals surface area contributed by atoms with Gasteiger partial charge in [0.15, 0.2) is 0 Å². The lowest BCUT2D eigenvalue weighted by Crippen LogP contribution is -2.19. The monoisotopic (exact) mass is 366 g/mol. The van der Waals surface area contributed by atoms with E-state index in [9.17, 15) is 0 Å². The Morgan fingerprint density at radius 2 is 2.05 bits per heavy atom. The molecule has 1 aliphatic heterocycles. The molecule has 0 radical (unpaired) electrons.